The summed E-state index contributed by atoms with van der Waals surface area (Å²) in [6.45, 7) is 8.05. The molecule has 0 atom stereocenters. The van der Waals surface area contributed by atoms with E-state index in [9.17, 15) is 14.7 Å². The molecule has 1 aliphatic rings. The van der Waals surface area contributed by atoms with Crippen molar-refractivity contribution >= 4 is 40.8 Å². The highest BCUT2D eigenvalue weighted by Crippen LogP contribution is 2.42. The van der Waals surface area contributed by atoms with E-state index in [2.05, 4.69) is 15.1 Å². The molecule has 5 heterocycles. The first-order valence-electron chi connectivity index (χ1n) is 17.1. The number of piperidine rings is 1. The topological polar surface area (TPSA) is 145 Å². The van der Waals surface area contributed by atoms with Crippen LogP contribution in [0.25, 0.3) is 39.3 Å². The summed E-state index contributed by atoms with van der Waals surface area (Å²) >= 11 is 14.2. The van der Waals surface area contributed by atoms with Crippen LogP contribution in [-0.2, 0) is 22.7 Å². The fourth-order valence-corrected chi connectivity index (χ4v) is 7.04. The second-order valence-electron chi connectivity index (χ2n) is 13.7. The van der Waals surface area contributed by atoms with Gasteiger partial charge < -0.3 is 29.1 Å². The molecular formula is C38H41Cl2N7O6. The summed E-state index contributed by atoms with van der Waals surface area (Å²) < 4.78 is 18.7. The monoisotopic (exact) mass is 761 g/mol. The molecule has 1 saturated heterocycles. The number of methoxy groups -OCH3 is 2. The summed E-state index contributed by atoms with van der Waals surface area (Å²) in [6, 6.07) is 12.7. The Balaban J connectivity index is 1.32. The van der Waals surface area contributed by atoms with E-state index in [1.54, 1.807) is 41.2 Å². The number of benzene rings is 1. The van der Waals surface area contributed by atoms with Crippen molar-refractivity contribution in [3.05, 3.63) is 76.3 Å². The van der Waals surface area contributed by atoms with Crippen molar-refractivity contribution in [3.8, 4) is 45.3 Å². The summed E-state index contributed by atoms with van der Waals surface area (Å²) in [7, 11) is 3.06. The van der Waals surface area contributed by atoms with E-state index < -0.39 is 11.7 Å². The van der Waals surface area contributed by atoms with Crippen LogP contribution < -0.4 is 9.47 Å². The molecule has 278 valence electrons. The minimum atomic E-state index is -0.691. The summed E-state index contributed by atoms with van der Waals surface area (Å²) in [5.74, 6) is 1.05. The van der Waals surface area contributed by atoms with Gasteiger partial charge in [0.2, 0.25) is 11.8 Å². The Morgan fingerprint density at radius 1 is 0.981 bits per heavy atom. The quantitative estimate of drug-likeness (QED) is 0.165. The maximum absolute atomic E-state index is 13.5. The van der Waals surface area contributed by atoms with Crippen LogP contribution in [0, 0.1) is 0 Å². The fraction of sp³-hybridized carbons (Fsp3) is 0.368. The number of rotatable bonds is 9. The molecule has 0 radical (unpaired) electrons. The van der Waals surface area contributed by atoms with Crippen molar-refractivity contribution in [2.45, 2.75) is 65.3 Å². The Hall–Kier alpha value is -4.98. The van der Waals surface area contributed by atoms with Crippen molar-refractivity contribution in [1.29, 1.82) is 0 Å². The van der Waals surface area contributed by atoms with Crippen LogP contribution in [0.2, 0.25) is 10.0 Å². The average Bonchev–Trinajstić information content (AvgIpc) is 3.57. The van der Waals surface area contributed by atoms with E-state index in [0.29, 0.717) is 92.5 Å². The third-order valence-corrected chi connectivity index (χ3v) is 9.77. The minimum Gasteiger partial charge on any atom is -0.493 e. The highest BCUT2D eigenvalue weighted by molar-refractivity contribution is 6.39. The van der Waals surface area contributed by atoms with Gasteiger partial charge in [-0.1, -0.05) is 41.4 Å². The van der Waals surface area contributed by atoms with Gasteiger partial charge in [-0.05, 0) is 57.9 Å². The molecule has 1 N–H and O–H groups in total. The van der Waals surface area contributed by atoms with Gasteiger partial charge in [-0.3, -0.25) is 9.78 Å². The molecule has 53 heavy (non-hydrogen) atoms. The standard InChI is InChI=1S/C38H41Cl2N7O6/c1-22(49)45-16-13-25(14-17-45)46(37(50)53-38(2,3)4)19-23-10-11-29(42-36(23)52-6)28-9-7-8-26(32(28)39)27-12-15-41-34(33(27)40)24-18-30(51-5)35-43-31(21-48)44-47(35)20-24/h7-12,15,18,20,25,48H,13-14,16-17,19,21H2,1-6H3. The second kappa shape index (κ2) is 15.6. The van der Waals surface area contributed by atoms with Crippen LogP contribution >= 0.6 is 23.2 Å². The van der Waals surface area contributed by atoms with E-state index in [4.69, 9.17) is 42.4 Å². The number of aromatic nitrogens is 5. The van der Waals surface area contributed by atoms with Crippen molar-refractivity contribution in [1.82, 2.24) is 34.4 Å². The number of aliphatic hydroxyl groups excluding tert-OH is 1. The average molecular weight is 763 g/mol. The third kappa shape index (κ3) is 8.02. The highest BCUT2D eigenvalue weighted by atomic mass is 35.5. The van der Waals surface area contributed by atoms with Crippen LogP contribution in [0.1, 0.15) is 51.9 Å². The van der Waals surface area contributed by atoms with Crippen LogP contribution in [0.3, 0.4) is 0 Å². The highest BCUT2D eigenvalue weighted by Gasteiger charge is 2.33. The zero-order valence-corrected chi connectivity index (χ0v) is 31.9. The number of carbonyl (C=O) groups excluding carboxylic acids is 2. The first-order valence-corrected chi connectivity index (χ1v) is 17.8. The SMILES string of the molecule is COc1nc(-c2cccc(-c3ccnc(-c4cc(OC)c5nc(CO)nn5c4)c3Cl)c2Cl)ccc1CN(C(=O)OC(C)(C)C)C1CCN(C(C)=O)CC1. The van der Waals surface area contributed by atoms with Gasteiger partial charge in [-0.25, -0.2) is 19.3 Å². The first-order chi connectivity index (χ1) is 25.3. The molecule has 1 fully saturated rings. The number of hydrogen-bond donors (Lipinski definition) is 1. The van der Waals surface area contributed by atoms with Gasteiger partial charge in [0.05, 0.1) is 42.2 Å². The number of hydrogen-bond acceptors (Lipinski definition) is 10. The van der Waals surface area contributed by atoms with E-state index >= 15 is 0 Å². The molecule has 6 rings (SSSR count). The zero-order valence-electron chi connectivity index (χ0n) is 30.4. The summed E-state index contributed by atoms with van der Waals surface area (Å²) in [4.78, 5) is 42.7. The summed E-state index contributed by atoms with van der Waals surface area (Å²) in [5.41, 5.74) is 4.04. The number of fused-ring (bicyclic) bond motifs is 1. The Labute approximate surface area is 317 Å². The van der Waals surface area contributed by atoms with Gasteiger partial charge in [0.15, 0.2) is 17.2 Å². The second-order valence-corrected chi connectivity index (χ2v) is 14.4. The number of likely N-dealkylation sites (tertiary alicyclic amines) is 1. The lowest BCUT2D eigenvalue weighted by Crippen LogP contribution is -2.49. The van der Waals surface area contributed by atoms with Crippen molar-refractivity contribution in [2.75, 3.05) is 27.3 Å². The van der Waals surface area contributed by atoms with Gasteiger partial charge in [-0.2, -0.15) is 0 Å². The number of nitrogens with zero attached hydrogens (tertiary/aromatic N) is 7. The van der Waals surface area contributed by atoms with Crippen LogP contribution in [0.4, 0.5) is 4.79 Å². The number of aliphatic hydroxyl groups is 1. The van der Waals surface area contributed by atoms with Crippen LogP contribution in [0.5, 0.6) is 11.6 Å². The molecule has 1 aromatic carbocycles. The zero-order chi connectivity index (χ0) is 38.0. The number of carbonyl (C=O) groups is 2. The molecular weight excluding hydrogens is 721 g/mol. The number of ether oxygens (including phenoxy) is 3. The molecule has 0 spiro atoms. The third-order valence-electron chi connectivity index (χ3n) is 8.98. The van der Waals surface area contributed by atoms with E-state index in [0.717, 1.165) is 0 Å². The Kier molecular flexibility index (Phi) is 11.1. The molecule has 0 unspecified atom stereocenters. The van der Waals surface area contributed by atoms with Crippen molar-refractivity contribution in [3.63, 3.8) is 0 Å². The molecule has 13 nitrogen and oxygen atoms in total. The van der Waals surface area contributed by atoms with Crippen molar-refractivity contribution < 1.29 is 28.9 Å². The lowest BCUT2D eigenvalue weighted by Gasteiger charge is -2.39. The van der Waals surface area contributed by atoms with Crippen molar-refractivity contribution in [2.24, 2.45) is 0 Å². The smallest absolute Gasteiger partial charge is 0.410 e. The molecule has 0 saturated carbocycles. The summed E-state index contributed by atoms with van der Waals surface area (Å²) in [5, 5.41) is 14.6. The van der Waals surface area contributed by atoms with Gasteiger partial charge in [0, 0.05) is 66.3 Å². The summed E-state index contributed by atoms with van der Waals surface area (Å²) in [6.07, 6.45) is 4.18. The van der Waals surface area contributed by atoms with E-state index in [-0.39, 0.29) is 30.9 Å². The molecule has 4 aromatic heterocycles. The molecule has 5 aromatic rings. The normalized spacial score (nSPS) is 13.6. The van der Waals surface area contributed by atoms with Gasteiger partial charge in [0.1, 0.15) is 12.2 Å². The number of pyridine rings is 3. The van der Waals surface area contributed by atoms with E-state index in [1.807, 2.05) is 51.1 Å². The van der Waals surface area contributed by atoms with Gasteiger partial charge in [0.25, 0.3) is 0 Å². The molecule has 0 bridgehead atoms. The molecule has 1 aliphatic heterocycles. The predicted octanol–water partition coefficient (Wildman–Crippen LogP) is 7.08. The Bertz CT molecular complexity index is 2160. The van der Waals surface area contributed by atoms with E-state index in [1.165, 1.54) is 18.7 Å². The maximum Gasteiger partial charge on any atom is 0.410 e. The molecule has 0 aliphatic carbocycles. The predicted molar refractivity (Wildman–Crippen MR) is 201 cm³/mol. The largest absolute Gasteiger partial charge is 0.493 e. The molecule has 15 heteroatoms. The number of halogens is 2. The van der Waals surface area contributed by atoms with Crippen LogP contribution in [0.15, 0.2) is 54.9 Å². The van der Waals surface area contributed by atoms with Gasteiger partial charge >= 0.3 is 6.09 Å². The van der Waals surface area contributed by atoms with Gasteiger partial charge in [-0.15, -0.1) is 5.10 Å². The lowest BCUT2D eigenvalue weighted by molar-refractivity contribution is -0.130. The molecule has 2 amide bonds. The Morgan fingerprint density at radius 2 is 1.70 bits per heavy atom. The first kappa shape index (κ1) is 37.8. The number of amides is 2. The fourth-order valence-electron chi connectivity index (χ4n) is 6.39. The Morgan fingerprint density at radius 3 is 2.36 bits per heavy atom. The lowest BCUT2D eigenvalue weighted by atomic mass is 9.99. The maximum atomic E-state index is 13.5. The minimum absolute atomic E-state index is 0.0201. The van der Waals surface area contributed by atoms with Crippen LogP contribution in [-0.4, -0.2) is 90.4 Å².